The van der Waals surface area contributed by atoms with Crippen LogP contribution in [0, 0.1) is 0 Å². The van der Waals surface area contributed by atoms with E-state index in [4.69, 9.17) is 9.72 Å². The molecule has 1 amide bonds. The normalized spacial score (nSPS) is 11.3. The summed E-state index contributed by atoms with van der Waals surface area (Å²) in [6, 6.07) is 40.1. The van der Waals surface area contributed by atoms with Gasteiger partial charge >= 0.3 is 0 Å². The molecule has 5 nitrogen and oxygen atoms in total. The van der Waals surface area contributed by atoms with E-state index in [1.165, 1.54) is 16.7 Å². The molecule has 5 aromatic rings. The smallest absolute Gasteiger partial charge is 0.270 e. The Hall–Kier alpha value is -4.26. The molecule has 1 heterocycles. The largest absolute Gasteiger partial charge is 0.489 e. The van der Waals surface area contributed by atoms with E-state index >= 15 is 0 Å². The van der Waals surface area contributed by atoms with Crippen LogP contribution in [-0.2, 0) is 19.7 Å². The van der Waals surface area contributed by atoms with Gasteiger partial charge in [-0.3, -0.25) is 9.69 Å². The number of hydrogen-bond donors (Lipinski definition) is 1. The van der Waals surface area contributed by atoms with E-state index < -0.39 is 0 Å². The summed E-state index contributed by atoms with van der Waals surface area (Å²) in [6.07, 6.45) is 0.957. The van der Waals surface area contributed by atoms with Crippen molar-refractivity contribution in [2.75, 3.05) is 6.54 Å². The van der Waals surface area contributed by atoms with E-state index in [0.29, 0.717) is 18.8 Å². The highest BCUT2D eigenvalue weighted by Crippen LogP contribution is 2.29. The summed E-state index contributed by atoms with van der Waals surface area (Å²) in [6.45, 7) is 6.77. The SMILES string of the molecule is CC(C)NC(=O)c1csc(CN(CCC(c2ccccc2)c2ccccc2)Cc2ccc(OCc3ccccc3)cc2)n1. The number of hydrogen-bond acceptors (Lipinski definition) is 5. The first-order chi connectivity index (χ1) is 21.0. The fourth-order valence-corrected chi connectivity index (χ4v) is 5.94. The minimum atomic E-state index is -0.122. The van der Waals surface area contributed by atoms with Gasteiger partial charge in [0.15, 0.2) is 0 Å². The Kier molecular flexibility index (Phi) is 10.7. The highest BCUT2D eigenvalue weighted by molar-refractivity contribution is 7.09. The van der Waals surface area contributed by atoms with Crippen LogP contribution in [0.5, 0.6) is 5.75 Å². The molecule has 1 aromatic heterocycles. The van der Waals surface area contributed by atoms with Gasteiger partial charge in [0.05, 0.1) is 6.54 Å². The average molecular weight is 590 g/mol. The van der Waals surface area contributed by atoms with Gasteiger partial charge in [-0.15, -0.1) is 11.3 Å². The molecule has 0 radical (unpaired) electrons. The molecular weight excluding hydrogens is 550 g/mol. The second-order valence-corrected chi connectivity index (χ2v) is 12.0. The van der Waals surface area contributed by atoms with Crippen LogP contribution in [0.4, 0.5) is 0 Å². The third kappa shape index (κ3) is 9.11. The zero-order chi connectivity index (χ0) is 29.9. The summed E-state index contributed by atoms with van der Waals surface area (Å²) in [5.74, 6) is 1.01. The number of aromatic nitrogens is 1. The number of carbonyl (C=O) groups excluding carboxylic acids is 1. The van der Waals surface area contributed by atoms with Crippen LogP contribution >= 0.6 is 11.3 Å². The molecule has 4 aromatic carbocycles. The Balaban J connectivity index is 1.31. The molecule has 6 heteroatoms. The molecule has 0 spiro atoms. The summed E-state index contributed by atoms with van der Waals surface area (Å²) in [5, 5.41) is 5.75. The van der Waals surface area contributed by atoms with Crippen molar-refractivity contribution in [3.05, 3.63) is 154 Å². The van der Waals surface area contributed by atoms with E-state index in [1.807, 2.05) is 49.6 Å². The molecule has 0 aliphatic heterocycles. The van der Waals surface area contributed by atoms with Crippen molar-refractivity contribution in [3.63, 3.8) is 0 Å². The Morgan fingerprint density at radius 2 is 1.40 bits per heavy atom. The van der Waals surface area contributed by atoms with Crippen molar-refractivity contribution in [2.45, 2.75) is 51.9 Å². The molecule has 43 heavy (non-hydrogen) atoms. The van der Waals surface area contributed by atoms with Crippen LogP contribution < -0.4 is 10.1 Å². The predicted octanol–water partition coefficient (Wildman–Crippen LogP) is 8.08. The molecule has 0 fully saturated rings. The average Bonchev–Trinajstić information content (AvgIpc) is 3.51. The lowest BCUT2D eigenvalue weighted by atomic mass is 9.88. The van der Waals surface area contributed by atoms with E-state index in [0.717, 1.165) is 35.8 Å². The standard InChI is InChI=1S/C37H39N3O2S/c1-28(2)38-37(41)35-27-43-36(39-35)25-40(23-22-34(31-14-8-4-9-15-31)32-16-10-5-11-17-32)24-29-18-20-33(21-19-29)42-26-30-12-6-3-7-13-30/h3-21,27-28,34H,22-26H2,1-2H3,(H,38,41). The van der Waals surface area contributed by atoms with E-state index in [9.17, 15) is 4.79 Å². The fraction of sp³-hybridized carbons (Fsp3) is 0.243. The summed E-state index contributed by atoms with van der Waals surface area (Å²) in [7, 11) is 0. The first-order valence-corrected chi connectivity index (χ1v) is 15.7. The molecule has 0 bridgehead atoms. The van der Waals surface area contributed by atoms with Gasteiger partial charge in [0.1, 0.15) is 23.1 Å². The Morgan fingerprint density at radius 3 is 2.00 bits per heavy atom. The quantitative estimate of drug-likeness (QED) is 0.142. The highest BCUT2D eigenvalue weighted by Gasteiger charge is 2.19. The number of benzene rings is 4. The highest BCUT2D eigenvalue weighted by atomic mass is 32.1. The second kappa shape index (κ2) is 15.3. The fourth-order valence-electron chi connectivity index (χ4n) is 5.13. The number of amides is 1. The number of carbonyl (C=O) groups is 1. The summed E-state index contributed by atoms with van der Waals surface area (Å²) >= 11 is 1.54. The van der Waals surface area contributed by atoms with Crippen LogP contribution in [0.15, 0.2) is 121 Å². The van der Waals surface area contributed by atoms with Gasteiger partial charge in [0, 0.05) is 23.9 Å². The van der Waals surface area contributed by atoms with Crippen LogP contribution in [0.25, 0.3) is 0 Å². The molecule has 0 atom stereocenters. The van der Waals surface area contributed by atoms with Crippen molar-refractivity contribution >= 4 is 17.2 Å². The van der Waals surface area contributed by atoms with Crippen LogP contribution in [0.3, 0.4) is 0 Å². The summed E-state index contributed by atoms with van der Waals surface area (Å²) in [5.41, 5.74) is 5.47. The lowest BCUT2D eigenvalue weighted by Gasteiger charge is -2.25. The molecule has 0 saturated carbocycles. The molecule has 1 N–H and O–H groups in total. The second-order valence-electron chi connectivity index (χ2n) is 11.0. The lowest BCUT2D eigenvalue weighted by Crippen LogP contribution is -2.30. The van der Waals surface area contributed by atoms with Crippen molar-refractivity contribution in [1.82, 2.24) is 15.2 Å². The Morgan fingerprint density at radius 1 is 0.791 bits per heavy atom. The molecule has 0 aliphatic carbocycles. The van der Waals surface area contributed by atoms with Crippen molar-refractivity contribution in [1.29, 1.82) is 0 Å². The minimum Gasteiger partial charge on any atom is -0.489 e. The van der Waals surface area contributed by atoms with Gasteiger partial charge in [-0.25, -0.2) is 4.98 Å². The molecule has 0 unspecified atom stereocenters. The number of ether oxygens (including phenoxy) is 1. The Bertz CT molecular complexity index is 1500. The van der Waals surface area contributed by atoms with E-state index in [1.54, 1.807) is 11.3 Å². The molecule has 0 aliphatic rings. The van der Waals surface area contributed by atoms with E-state index in [-0.39, 0.29) is 17.9 Å². The molecular formula is C37H39N3O2S. The van der Waals surface area contributed by atoms with Crippen LogP contribution in [0.1, 0.15) is 63.9 Å². The maximum absolute atomic E-state index is 12.6. The van der Waals surface area contributed by atoms with Gasteiger partial charge < -0.3 is 10.1 Å². The van der Waals surface area contributed by atoms with Gasteiger partial charge in [0.2, 0.25) is 0 Å². The zero-order valence-electron chi connectivity index (χ0n) is 24.9. The first-order valence-electron chi connectivity index (χ1n) is 14.9. The van der Waals surface area contributed by atoms with Crippen molar-refractivity contribution in [3.8, 4) is 5.75 Å². The third-order valence-electron chi connectivity index (χ3n) is 7.28. The number of rotatable bonds is 14. The van der Waals surface area contributed by atoms with Crippen LogP contribution in [0.2, 0.25) is 0 Å². The maximum atomic E-state index is 12.6. The monoisotopic (exact) mass is 589 g/mol. The first kappa shape index (κ1) is 30.2. The van der Waals surface area contributed by atoms with E-state index in [2.05, 4.69) is 95.1 Å². The van der Waals surface area contributed by atoms with Gasteiger partial charge in [-0.2, -0.15) is 0 Å². The van der Waals surface area contributed by atoms with Gasteiger partial charge in [0.25, 0.3) is 5.91 Å². The molecule has 0 saturated heterocycles. The third-order valence-corrected chi connectivity index (χ3v) is 8.11. The van der Waals surface area contributed by atoms with Crippen molar-refractivity contribution < 1.29 is 9.53 Å². The summed E-state index contributed by atoms with van der Waals surface area (Å²) < 4.78 is 6.02. The minimum absolute atomic E-state index is 0.0710. The van der Waals surface area contributed by atoms with Crippen molar-refractivity contribution in [2.24, 2.45) is 0 Å². The molecule has 5 rings (SSSR count). The topological polar surface area (TPSA) is 54.5 Å². The maximum Gasteiger partial charge on any atom is 0.270 e. The zero-order valence-corrected chi connectivity index (χ0v) is 25.7. The molecule has 220 valence electrons. The number of nitrogens with one attached hydrogen (secondary N) is 1. The Labute approximate surface area is 259 Å². The number of thiazole rings is 1. The number of nitrogens with zero attached hydrogens (tertiary/aromatic N) is 2. The van der Waals surface area contributed by atoms with Crippen LogP contribution in [-0.4, -0.2) is 28.4 Å². The predicted molar refractivity (Wildman–Crippen MR) is 175 cm³/mol. The summed E-state index contributed by atoms with van der Waals surface area (Å²) in [4.78, 5) is 19.7. The lowest BCUT2D eigenvalue weighted by molar-refractivity contribution is 0.0938. The van der Waals surface area contributed by atoms with Gasteiger partial charge in [-0.1, -0.05) is 103 Å². The van der Waals surface area contributed by atoms with Gasteiger partial charge in [-0.05, 0) is 61.2 Å².